The van der Waals surface area contributed by atoms with Crippen molar-refractivity contribution < 1.29 is 0 Å². The number of nitrogens with zero attached hydrogens (tertiary/aromatic N) is 3. The largest absolute Gasteiger partial charge is 0.275 e. The number of hydrogen-bond acceptors (Lipinski definition) is 4. The molecule has 0 aliphatic heterocycles. The third-order valence-corrected chi connectivity index (χ3v) is 3.42. The van der Waals surface area contributed by atoms with Gasteiger partial charge in [0.1, 0.15) is 5.15 Å². The molecule has 2 heterocycles. The van der Waals surface area contributed by atoms with Crippen molar-refractivity contribution in [1.82, 2.24) is 20.2 Å². The molecule has 0 aliphatic rings. The molecule has 0 radical (unpaired) electrons. The molecule has 6 heteroatoms. The summed E-state index contributed by atoms with van der Waals surface area (Å²) in [4.78, 5) is 8.56. The average Bonchev–Trinajstić information content (AvgIpc) is 2.94. The summed E-state index contributed by atoms with van der Waals surface area (Å²) in [7, 11) is 0. The Kier molecular flexibility index (Phi) is 4.98. The van der Waals surface area contributed by atoms with Crippen molar-refractivity contribution in [2.45, 2.75) is 19.0 Å². The highest BCUT2D eigenvalue weighted by atomic mass is 35.5. The van der Waals surface area contributed by atoms with Crippen LogP contribution in [0.1, 0.15) is 13.8 Å². The van der Waals surface area contributed by atoms with Gasteiger partial charge in [-0.1, -0.05) is 67.5 Å². The summed E-state index contributed by atoms with van der Waals surface area (Å²) in [6.45, 7) is 4.00. The molecule has 0 unspecified atom stereocenters. The second-order valence-electron chi connectivity index (χ2n) is 3.66. The van der Waals surface area contributed by atoms with Gasteiger partial charge in [0.25, 0.3) is 0 Å². The Hall–Kier alpha value is -1.59. The second-order valence-corrected chi connectivity index (χ2v) is 4.80. The number of halogens is 1. The highest BCUT2D eigenvalue weighted by Crippen LogP contribution is 2.30. The van der Waals surface area contributed by atoms with Crippen LogP contribution in [-0.4, -0.2) is 26.4 Å². The lowest BCUT2D eigenvalue weighted by Gasteiger charge is -2.00. The minimum atomic E-state index is 0.428. The predicted molar refractivity (Wildman–Crippen MR) is 85.3 cm³/mol. The Balaban J connectivity index is 0.000000704. The van der Waals surface area contributed by atoms with Gasteiger partial charge >= 0.3 is 0 Å². The lowest BCUT2D eigenvalue weighted by atomic mass is 10.1. The van der Waals surface area contributed by atoms with E-state index in [9.17, 15) is 0 Å². The van der Waals surface area contributed by atoms with E-state index in [0.717, 1.165) is 16.6 Å². The summed E-state index contributed by atoms with van der Waals surface area (Å²) < 4.78 is 0. The summed E-state index contributed by atoms with van der Waals surface area (Å²) in [5.41, 5.74) is 2.46. The molecule has 4 nitrogen and oxygen atoms in total. The lowest BCUT2D eigenvalue weighted by molar-refractivity contribution is 0.985. The minimum absolute atomic E-state index is 0.428. The predicted octanol–water partition coefficient (Wildman–Crippen LogP) is 4.42. The van der Waals surface area contributed by atoms with Crippen LogP contribution in [0.5, 0.6) is 0 Å². The van der Waals surface area contributed by atoms with E-state index in [1.807, 2.05) is 50.4 Å². The third kappa shape index (κ3) is 2.78. The summed E-state index contributed by atoms with van der Waals surface area (Å²) in [6.07, 6.45) is 1.91. The van der Waals surface area contributed by atoms with E-state index in [1.165, 1.54) is 11.8 Å². The second kappa shape index (κ2) is 6.72. The van der Waals surface area contributed by atoms with Gasteiger partial charge in [-0.05, 0) is 6.26 Å². The highest BCUT2D eigenvalue weighted by Gasteiger charge is 2.14. The number of H-pyrrole nitrogens is 1. The van der Waals surface area contributed by atoms with Crippen molar-refractivity contribution in [1.29, 1.82) is 0 Å². The Morgan fingerprint density at radius 3 is 2.45 bits per heavy atom. The smallest absolute Gasteiger partial charge is 0.190 e. The Morgan fingerprint density at radius 1 is 1.10 bits per heavy atom. The number of aromatic nitrogens is 4. The number of benzene rings is 1. The van der Waals surface area contributed by atoms with Gasteiger partial charge in [0, 0.05) is 5.56 Å². The summed E-state index contributed by atoms with van der Waals surface area (Å²) >= 11 is 7.66. The van der Waals surface area contributed by atoms with Crippen LogP contribution in [0.4, 0.5) is 0 Å². The highest BCUT2D eigenvalue weighted by molar-refractivity contribution is 7.98. The van der Waals surface area contributed by atoms with E-state index >= 15 is 0 Å². The van der Waals surface area contributed by atoms with Crippen molar-refractivity contribution in [3.05, 3.63) is 35.5 Å². The number of hydrogen-bond donors (Lipinski definition) is 1. The summed E-state index contributed by atoms with van der Waals surface area (Å²) in [5, 5.41) is 8.98. The van der Waals surface area contributed by atoms with E-state index in [4.69, 9.17) is 11.6 Å². The van der Waals surface area contributed by atoms with E-state index in [2.05, 4.69) is 20.2 Å². The fraction of sp³-hybridized carbons (Fsp3) is 0.214. The number of thioether (sulfide) groups is 1. The van der Waals surface area contributed by atoms with Crippen LogP contribution in [0, 0.1) is 0 Å². The molecule has 1 aromatic carbocycles. The number of aromatic amines is 1. The van der Waals surface area contributed by atoms with Crippen LogP contribution in [0.2, 0.25) is 5.15 Å². The molecule has 0 saturated carbocycles. The topological polar surface area (TPSA) is 54.5 Å². The van der Waals surface area contributed by atoms with Crippen molar-refractivity contribution in [3.8, 4) is 11.3 Å². The van der Waals surface area contributed by atoms with Crippen LogP contribution in [0.25, 0.3) is 22.3 Å². The van der Waals surface area contributed by atoms with E-state index in [1.54, 1.807) is 0 Å². The molecular formula is C14H15ClN4S. The standard InChI is InChI=1S/C12H9ClN4S.C2H6/c1-18-12-14-10(13)8-9(16-17-11(8)15-12)7-5-3-2-4-6-7;1-2/h2-6H,1H3,(H,14,15,16,17);1-2H3. The first-order valence-corrected chi connectivity index (χ1v) is 7.91. The van der Waals surface area contributed by atoms with Gasteiger partial charge in [-0.25, -0.2) is 9.97 Å². The molecule has 0 amide bonds. The molecular weight excluding hydrogens is 292 g/mol. The summed E-state index contributed by atoms with van der Waals surface area (Å²) in [5.74, 6) is 0. The average molecular weight is 307 g/mol. The van der Waals surface area contributed by atoms with Gasteiger partial charge in [0.05, 0.1) is 11.1 Å². The van der Waals surface area contributed by atoms with Crippen LogP contribution in [-0.2, 0) is 0 Å². The maximum atomic E-state index is 6.21. The van der Waals surface area contributed by atoms with Crippen molar-refractivity contribution >= 4 is 34.4 Å². The molecule has 0 bridgehead atoms. The molecule has 20 heavy (non-hydrogen) atoms. The molecule has 0 fully saturated rings. The first-order chi connectivity index (χ1) is 9.79. The van der Waals surface area contributed by atoms with Crippen LogP contribution < -0.4 is 0 Å². The number of rotatable bonds is 2. The van der Waals surface area contributed by atoms with E-state index < -0.39 is 0 Å². The van der Waals surface area contributed by atoms with Crippen molar-refractivity contribution in [2.75, 3.05) is 6.26 Å². The SMILES string of the molecule is CC.CSc1nc(Cl)c2c(-c3ccccc3)[nH]nc2n1. The zero-order chi connectivity index (χ0) is 14.5. The van der Waals surface area contributed by atoms with Gasteiger partial charge in [0.2, 0.25) is 0 Å². The summed E-state index contributed by atoms with van der Waals surface area (Å²) in [6, 6.07) is 9.88. The molecule has 2 aromatic heterocycles. The molecule has 0 atom stereocenters. The molecule has 3 aromatic rings. The quantitative estimate of drug-likeness (QED) is 0.432. The van der Waals surface area contributed by atoms with Gasteiger partial charge in [-0.3, -0.25) is 5.10 Å². The monoisotopic (exact) mass is 306 g/mol. The first kappa shape index (κ1) is 14.8. The van der Waals surface area contributed by atoms with E-state index in [-0.39, 0.29) is 0 Å². The minimum Gasteiger partial charge on any atom is -0.275 e. The van der Waals surface area contributed by atoms with E-state index in [0.29, 0.717) is 16.0 Å². The van der Waals surface area contributed by atoms with Gasteiger partial charge in [-0.15, -0.1) is 0 Å². The zero-order valence-corrected chi connectivity index (χ0v) is 13.1. The normalized spacial score (nSPS) is 10.2. The van der Waals surface area contributed by atoms with Gasteiger partial charge in [0.15, 0.2) is 10.8 Å². The molecule has 0 aliphatic carbocycles. The number of nitrogens with one attached hydrogen (secondary N) is 1. The Morgan fingerprint density at radius 2 is 1.80 bits per heavy atom. The first-order valence-electron chi connectivity index (χ1n) is 6.30. The van der Waals surface area contributed by atoms with Crippen LogP contribution >= 0.6 is 23.4 Å². The lowest BCUT2D eigenvalue weighted by Crippen LogP contribution is -1.88. The molecule has 0 spiro atoms. The fourth-order valence-electron chi connectivity index (χ4n) is 1.77. The Bertz CT molecular complexity index is 697. The molecule has 1 N–H and O–H groups in total. The zero-order valence-electron chi connectivity index (χ0n) is 11.5. The molecule has 0 saturated heterocycles. The Labute approximate surface area is 127 Å². The molecule has 104 valence electrons. The fourth-order valence-corrected chi connectivity index (χ4v) is 2.44. The molecule has 3 rings (SSSR count). The van der Waals surface area contributed by atoms with Crippen LogP contribution in [0.3, 0.4) is 0 Å². The van der Waals surface area contributed by atoms with Crippen LogP contribution in [0.15, 0.2) is 35.5 Å². The van der Waals surface area contributed by atoms with Gasteiger partial charge in [-0.2, -0.15) is 5.10 Å². The third-order valence-electron chi connectivity index (χ3n) is 2.59. The van der Waals surface area contributed by atoms with Crippen molar-refractivity contribution in [3.63, 3.8) is 0 Å². The van der Waals surface area contributed by atoms with Gasteiger partial charge < -0.3 is 0 Å². The van der Waals surface area contributed by atoms with Crippen molar-refractivity contribution in [2.24, 2.45) is 0 Å². The number of fused-ring (bicyclic) bond motifs is 1. The maximum Gasteiger partial charge on any atom is 0.190 e. The maximum absolute atomic E-state index is 6.21.